The number of carbonyl (C=O) groups is 1. The average Bonchev–Trinajstić information content (AvgIpc) is 2.67. The minimum absolute atomic E-state index is 0.0244. The van der Waals surface area contributed by atoms with Gasteiger partial charge < -0.3 is 15.9 Å². The van der Waals surface area contributed by atoms with E-state index in [2.05, 4.69) is 0 Å². The van der Waals surface area contributed by atoms with Gasteiger partial charge in [-0.3, -0.25) is 4.79 Å². The Morgan fingerprint density at radius 1 is 1.12 bits per heavy atom. The van der Waals surface area contributed by atoms with E-state index < -0.39 is 5.91 Å². The minimum Gasteiger partial charge on any atom is -0.449 e. The van der Waals surface area contributed by atoms with Gasteiger partial charge >= 0.3 is 0 Å². The highest BCUT2D eigenvalue weighted by Gasteiger charge is 2.17. The zero-order valence-electron chi connectivity index (χ0n) is 8.94. The number of rotatable bonds is 1. The zero-order chi connectivity index (χ0) is 12.0. The standard InChI is InChI=1S/C13H10N2O2/c14-11-10-8-4-2-1-3-7(8)5-6-9(10)17-12(11)13(15)16/h1-6H,14H2,(H2,15,16). The summed E-state index contributed by atoms with van der Waals surface area (Å²) in [6.45, 7) is 0. The summed E-state index contributed by atoms with van der Waals surface area (Å²) in [5, 5.41) is 2.75. The molecule has 0 saturated heterocycles. The summed E-state index contributed by atoms with van der Waals surface area (Å²) >= 11 is 0. The molecule has 0 saturated carbocycles. The van der Waals surface area contributed by atoms with E-state index >= 15 is 0 Å². The molecule has 0 aliphatic carbocycles. The van der Waals surface area contributed by atoms with E-state index in [0.29, 0.717) is 11.3 Å². The lowest BCUT2D eigenvalue weighted by Gasteiger charge is -1.98. The number of nitrogens with two attached hydrogens (primary N) is 2. The van der Waals surface area contributed by atoms with Crippen molar-refractivity contribution in [2.45, 2.75) is 0 Å². The lowest BCUT2D eigenvalue weighted by molar-refractivity contribution is 0.0977. The van der Waals surface area contributed by atoms with Crippen LogP contribution in [0, 0.1) is 0 Å². The predicted octanol–water partition coefficient (Wildman–Crippen LogP) is 2.27. The predicted molar refractivity (Wildman–Crippen MR) is 66.7 cm³/mol. The number of furan rings is 1. The third-order valence-electron chi connectivity index (χ3n) is 2.84. The highest BCUT2D eigenvalue weighted by molar-refractivity contribution is 6.15. The van der Waals surface area contributed by atoms with Gasteiger partial charge in [-0.1, -0.05) is 30.3 Å². The molecule has 0 bridgehead atoms. The van der Waals surface area contributed by atoms with Gasteiger partial charge in [-0.25, -0.2) is 0 Å². The van der Waals surface area contributed by atoms with E-state index in [0.717, 1.165) is 16.2 Å². The van der Waals surface area contributed by atoms with Crippen LogP contribution in [0.15, 0.2) is 40.8 Å². The number of amides is 1. The largest absolute Gasteiger partial charge is 0.449 e. The maximum Gasteiger partial charge on any atom is 0.286 e. The molecule has 4 nitrogen and oxygen atoms in total. The quantitative estimate of drug-likeness (QED) is 0.667. The molecule has 3 rings (SSSR count). The maximum atomic E-state index is 11.2. The van der Waals surface area contributed by atoms with Crippen molar-refractivity contribution >= 4 is 33.3 Å². The molecule has 2 aromatic carbocycles. The molecule has 1 heterocycles. The Hall–Kier alpha value is -2.49. The number of benzene rings is 2. The van der Waals surface area contributed by atoms with Crippen molar-refractivity contribution < 1.29 is 9.21 Å². The Morgan fingerprint density at radius 2 is 1.88 bits per heavy atom. The summed E-state index contributed by atoms with van der Waals surface area (Å²) in [6.07, 6.45) is 0. The molecule has 1 amide bonds. The first-order valence-electron chi connectivity index (χ1n) is 5.18. The monoisotopic (exact) mass is 226 g/mol. The fraction of sp³-hybridized carbons (Fsp3) is 0. The van der Waals surface area contributed by atoms with Crippen molar-refractivity contribution in [1.82, 2.24) is 0 Å². The van der Waals surface area contributed by atoms with E-state index in [1.807, 2.05) is 30.3 Å². The SMILES string of the molecule is NC(=O)c1oc2ccc3ccccc3c2c1N. The van der Waals surface area contributed by atoms with Crippen LogP contribution in [0.2, 0.25) is 0 Å². The second-order valence-electron chi connectivity index (χ2n) is 3.87. The lowest BCUT2D eigenvalue weighted by Crippen LogP contribution is -2.11. The summed E-state index contributed by atoms with van der Waals surface area (Å²) in [6, 6.07) is 11.5. The molecule has 0 aliphatic rings. The fourth-order valence-corrected chi connectivity index (χ4v) is 2.08. The van der Waals surface area contributed by atoms with Crippen LogP contribution < -0.4 is 11.5 Å². The molecule has 0 aliphatic heterocycles. The second-order valence-corrected chi connectivity index (χ2v) is 3.87. The van der Waals surface area contributed by atoms with Crippen LogP contribution in [-0.2, 0) is 0 Å². The smallest absolute Gasteiger partial charge is 0.286 e. The summed E-state index contributed by atoms with van der Waals surface area (Å²) in [4.78, 5) is 11.2. The molecule has 0 radical (unpaired) electrons. The highest BCUT2D eigenvalue weighted by Crippen LogP contribution is 2.34. The third kappa shape index (κ3) is 1.27. The van der Waals surface area contributed by atoms with E-state index in [9.17, 15) is 4.79 Å². The molecule has 84 valence electrons. The summed E-state index contributed by atoms with van der Waals surface area (Å²) in [7, 11) is 0. The number of hydrogen-bond donors (Lipinski definition) is 2. The minimum atomic E-state index is -0.650. The third-order valence-corrected chi connectivity index (χ3v) is 2.84. The van der Waals surface area contributed by atoms with Crippen LogP contribution >= 0.6 is 0 Å². The molecule has 17 heavy (non-hydrogen) atoms. The van der Waals surface area contributed by atoms with Gasteiger partial charge in [0, 0.05) is 0 Å². The van der Waals surface area contributed by atoms with Gasteiger partial charge in [0.2, 0.25) is 5.76 Å². The van der Waals surface area contributed by atoms with E-state index in [4.69, 9.17) is 15.9 Å². The number of hydrogen-bond acceptors (Lipinski definition) is 3. The van der Waals surface area contributed by atoms with Crippen LogP contribution in [0.3, 0.4) is 0 Å². The fourth-order valence-electron chi connectivity index (χ4n) is 2.08. The molecule has 3 aromatic rings. The molecular formula is C13H10N2O2. The number of carbonyl (C=O) groups excluding carboxylic acids is 1. The highest BCUT2D eigenvalue weighted by atomic mass is 16.3. The Kier molecular flexibility index (Phi) is 1.86. The van der Waals surface area contributed by atoms with Gasteiger partial charge in [-0.05, 0) is 16.8 Å². The van der Waals surface area contributed by atoms with Gasteiger partial charge in [-0.15, -0.1) is 0 Å². The first-order valence-corrected chi connectivity index (χ1v) is 5.18. The number of fused-ring (bicyclic) bond motifs is 3. The lowest BCUT2D eigenvalue weighted by atomic mass is 10.1. The van der Waals surface area contributed by atoms with Crippen LogP contribution in [0.25, 0.3) is 21.7 Å². The molecular weight excluding hydrogens is 216 g/mol. The Balaban J connectivity index is 2.53. The van der Waals surface area contributed by atoms with Gasteiger partial charge in [0.15, 0.2) is 0 Å². The van der Waals surface area contributed by atoms with Crippen LogP contribution in [-0.4, -0.2) is 5.91 Å². The van der Waals surface area contributed by atoms with Gasteiger partial charge in [-0.2, -0.15) is 0 Å². The van der Waals surface area contributed by atoms with E-state index in [-0.39, 0.29) is 5.76 Å². The summed E-state index contributed by atoms with van der Waals surface area (Å²) in [5.74, 6) is -0.626. The zero-order valence-corrected chi connectivity index (χ0v) is 8.94. The average molecular weight is 226 g/mol. The Bertz CT molecular complexity index is 744. The Morgan fingerprint density at radius 3 is 2.65 bits per heavy atom. The topological polar surface area (TPSA) is 82.2 Å². The number of primary amides is 1. The van der Waals surface area contributed by atoms with Crippen molar-refractivity contribution in [3.63, 3.8) is 0 Å². The molecule has 0 unspecified atom stereocenters. The van der Waals surface area contributed by atoms with Crippen molar-refractivity contribution in [1.29, 1.82) is 0 Å². The first kappa shape index (κ1) is 9.72. The summed E-state index contributed by atoms with van der Waals surface area (Å²) in [5.41, 5.74) is 12.0. The van der Waals surface area contributed by atoms with E-state index in [1.54, 1.807) is 6.07 Å². The molecule has 0 fully saturated rings. The Labute approximate surface area is 96.8 Å². The van der Waals surface area contributed by atoms with Crippen molar-refractivity contribution in [2.24, 2.45) is 5.73 Å². The van der Waals surface area contributed by atoms with Crippen molar-refractivity contribution in [3.05, 3.63) is 42.2 Å². The molecule has 4 N–H and O–H groups in total. The van der Waals surface area contributed by atoms with Crippen LogP contribution in [0.4, 0.5) is 5.69 Å². The van der Waals surface area contributed by atoms with Gasteiger partial charge in [0.05, 0.1) is 11.1 Å². The molecule has 1 aromatic heterocycles. The normalized spacial score (nSPS) is 11.1. The molecule has 4 heteroatoms. The van der Waals surface area contributed by atoms with Crippen molar-refractivity contribution in [3.8, 4) is 0 Å². The number of nitrogen functional groups attached to an aromatic ring is 1. The van der Waals surface area contributed by atoms with E-state index in [1.165, 1.54) is 0 Å². The van der Waals surface area contributed by atoms with Crippen LogP contribution in [0.1, 0.15) is 10.6 Å². The van der Waals surface area contributed by atoms with Gasteiger partial charge in [0.25, 0.3) is 5.91 Å². The maximum absolute atomic E-state index is 11.2. The van der Waals surface area contributed by atoms with Crippen LogP contribution in [0.5, 0.6) is 0 Å². The first-order chi connectivity index (χ1) is 8.18. The second kappa shape index (κ2) is 3.25. The molecule has 0 spiro atoms. The molecule has 0 atom stereocenters. The van der Waals surface area contributed by atoms with Gasteiger partial charge in [0.1, 0.15) is 5.58 Å². The number of anilines is 1. The van der Waals surface area contributed by atoms with Crippen molar-refractivity contribution in [2.75, 3.05) is 5.73 Å². The summed E-state index contributed by atoms with van der Waals surface area (Å²) < 4.78 is 5.37.